The molecule has 1 rings (SSSR count). The molecule has 0 saturated heterocycles. The highest BCUT2D eigenvalue weighted by Crippen LogP contribution is 2.22. The third-order valence-electron chi connectivity index (χ3n) is 3.52. The van der Waals surface area contributed by atoms with E-state index in [1.165, 1.54) is 7.11 Å². The second kappa shape index (κ2) is 7.15. The lowest BCUT2D eigenvalue weighted by Crippen LogP contribution is -2.41. The monoisotopic (exact) mass is 299 g/mol. The predicted octanol–water partition coefficient (Wildman–Crippen LogP) is 2.19. The SMILES string of the molecule is CCCC(C)(C)OOC(CN1C(=O)C(C)=C(C)C1=O)OC. The fraction of sp³-hybridized carbons (Fsp3) is 0.733. The number of methoxy groups -OCH3 is 1. The van der Waals surface area contributed by atoms with Crippen molar-refractivity contribution < 1.29 is 24.1 Å². The molecule has 0 N–H and O–H groups in total. The maximum atomic E-state index is 12.0. The highest BCUT2D eigenvalue weighted by Gasteiger charge is 2.35. The van der Waals surface area contributed by atoms with Crippen molar-refractivity contribution >= 4 is 11.8 Å². The summed E-state index contributed by atoms with van der Waals surface area (Å²) in [5, 5.41) is 0. The standard InChI is InChI=1S/C15H25NO5/c1-7-8-15(4,5)21-20-12(19-6)9-16-13(17)10(2)11(3)14(16)18/h12H,7-9H2,1-6H3. The molecule has 1 aliphatic heterocycles. The smallest absolute Gasteiger partial charge is 0.257 e. The van der Waals surface area contributed by atoms with Crippen LogP contribution in [-0.2, 0) is 24.1 Å². The van der Waals surface area contributed by atoms with Crippen LogP contribution in [0.1, 0.15) is 47.5 Å². The van der Waals surface area contributed by atoms with E-state index in [2.05, 4.69) is 6.92 Å². The van der Waals surface area contributed by atoms with Gasteiger partial charge >= 0.3 is 0 Å². The van der Waals surface area contributed by atoms with Crippen molar-refractivity contribution in [3.8, 4) is 0 Å². The molecular formula is C15H25NO5. The Morgan fingerprint density at radius 2 is 1.67 bits per heavy atom. The van der Waals surface area contributed by atoms with E-state index in [9.17, 15) is 9.59 Å². The molecule has 6 nitrogen and oxygen atoms in total. The lowest BCUT2D eigenvalue weighted by Gasteiger charge is -2.27. The molecular weight excluding hydrogens is 274 g/mol. The van der Waals surface area contributed by atoms with Gasteiger partial charge in [0.1, 0.15) is 0 Å². The summed E-state index contributed by atoms with van der Waals surface area (Å²) in [5.41, 5.74) is 0.471. The van der Waals surface area contributed by atoms with Gasteiger partial charge in [-0.15, -0.1) is 0 Å². The van der Waals surface area contributed by atoms with Crippen molar-refractivity contribution in [2.24, 2.45) is 0 Å². The second-order valence-corrected chi connectivity index (χ2v) is 5.83. The van der Waals surface area contributed by atoms with Gasteiger partial charge in [0.25, 0.3) is 11.8 Å². The topological polar surface area (TPSA) is 65.1 Å². The Kier molecular flexibility index (Phi) is 6.07. The summed E-state index contributed by atoms with van der Waals surface area (Å²) in [4.78, 5) is 35.7. The summed E-state index contributed by atoms with van der Waals surface area (Å²) in [6, 6.07) is 0. The van der Waals surface area contributed by atoms with Gasteiger partial charge in [-0.05, 0) is 34.1 Å². The Balaban J connectivity index is 2.60. The number of hydrogen-bond donors (Lipinski definition) is 0. The van der Waals surface area contributed by atoms with Gasteiger partial charge in [0.2, 0.25) is 6.29 Å². The Morgan fingerprint density at radius 1 is 1.14 bits per heavy atom. The molecule has 1 aliphatic rings. The van der Waals surface area contributed by atoms with E-state index in [4.69, 9.17) is 14.5 Å². The first-order chi connectivity index (χ1) is 9.73. The van der Waals surface area contributed by atoms with E-state index in [0.29, 0.717) is 11.1 Å². The van der Waals surface area contributed by atoms with E-state index < -0.39 is 11.9 Å². The van der Waals surface area contributed by atoms with E-state index >= 15 is 0 Å². The average Bonchev–Trinajstić information content (AvgIpc) is 2.60. The van der Waals surface area contributed by atoms with Crippen LogP contribution in [0.5, 0.6) is 0 Å². The van der Waals surface area contributed by atoms with Gasteiger partial charge in [0, 0.05) is 18.3 Å². The Hall–Kier alpha value is -1.24. The Labute approximate surface area is 126 Å². The Bertz CT molecular complexity index is 417. The minimum atomic E-state index is -0.812. The lowest BCUT2D eigenvalue weighted by molar-refractivity contribution is -0.416. The van der Waals surface area contributed by atoms with Crippen molar-refractivity contribution in [2.75, 3.05) is 13.7 Å². The summed E-state index contributed by atoms with van der Waals surface area (Å²) < 4.78 is 5.14. The lowest BCUT2D eigenvalue weighted by atomic mass is 10.0. The minimum absolute atomic E-state index is 0.00501. The molecule has 6 heteroatoms. The van der Waals surface area contributed by atoms with E-state index in [1.54, 1.807) is 13.8 Å². The third-order valence-corrected chi connectivity index (χ3v) is 3.52. The zero-order valence-electron chi connectivity index (χ0n) is 13.7. The number of rotatable bonds is 8. The van der Waals surface area contributed by atoms with Gasteiger partial charge < -0.3 is 4.74 Å². The molecule has 1 heterocycles. The number of hydrogen-bond acceptors (Lipinski definition) is 5. The van der Waals surface area contributed by atoms with Crippen LogP contribution in [-0.4, -0.2) is 42.3 Å². The maximum absolute atomic E-state index is 12.0. The van der Waals surface area contributed by atoms with E-state index in [1.807, 2.05) is 13.8 Å². The number of carbonyl (C=O) groups excluding carboxylic acids is 2. The number of nitrogens with zero attached hydrogens (tertiary/aromatic N) is 1. The number of ether oxygens (including phenoxy) is 1. The predicted molar refractivity (Wildman–Crippen MR) is 77.0 cm³/mol. The van der Waals surface area contributed by atoms with Crippen LogP contribution in [0.15, 0.2) is 11.1 Å². The summed E-state index contributed by atoms with van der Waals surface area (Å²) in [5.74, 6) is -0.619. The molecule has 0 aromatic rings. The molecule has 120 valence electrons. The molecule has 0 saturated carbocycles. The molecule has 0 aromatic heterocycles. The van der Waals surface area contributed by atoms with Gasteiger partial charge in [0.05, 0.1) is 12.1 Å². The molecule has 0 aliphatic carbocycles. The molecule has 21 heavy (non-hydrogen) atoms. The molecule has 1 unspecified atom stereocenters. The van der Waals surface area contributed by atoms with Gasteiger partial charge in [-0.1, -0.05) is 13.3 Å². The first-order valence-corrected chi connectivity index (χ1v) is 7.14. The zero-order valence-corrected chi connectivity index (χ0v) is 13.7. The molecule has 1 atom stereocenters. The Morgan fingerprint density at radius 3 is 2.10 bits per heavy atom. The average molecular weight is 299 g/mol. The minimum Gasteiger partial charge on any atom is -0.352 e. The summed E-state index contributed by atoms with van der Waals surface area (Å²) in [7, 11) is 1.44. The molecule has 0 bridgehead atoms. The van der Waals surface area contributed by atoms with Crippen LogP contribution in [0.25, 0.3) is 0 Å². The summed E-state index contributed by atoms with van der Waals surface area (Å²) >= 11 is 0. The van der Waals surface area contributed by atoms with Crippen molar-refractivity contribution in [1.82, 2.24) is 4.90 Å². The molecule has 0 fully saturated rings. The largest absolute Gasteiger partial charge is 0.352 e. The molecule has 2 amide bonds. The normalized spacial score (nSPS) is 17.9. The number of amides is 2. The van der Waals surface area contributed by atoms with E-state index in [0.717, 1.165) is 17.7 Å². The number of imide groups is 1. The van der Waals surface area contributed by atoms with Gasteiger partial charge in [-0.2, -0.15) is 0 Å². The summed E-state index contributed by atoms with van der Waals surface area (Å²) in [6.45, 7) is 9.15. The van der Waals surface area contributed by atoms with Crippen molar-refractivity contribution in [3.63, 3.8) is 0 Å². The fourth-order valence-corrected chi connectivity index (χ4v) is 2.10. The number of carbonyl (C=O) groups is 2. The van der Waals surface area contributed by atoms with Crippen molar-refractivity contribution in [1.29, 1.82) is 0 Å². The highest BCUT2D eigenvalue weighted by atomic mass is 17.2. The van der Waals surface area contributed by atoms with Crippen LogP contribution in [0.4, 0.5) is 0 Å². The second-order valence-electron chi connectivity index (χ2n) is 5.83. The van der Waals surface area contributed by atoms with Crippen molar-refractivity contribution in [3.05, 3.63) is 11.1 Å². The molecule has 0 radical (unpaired) electrons. The third kappa shape index (κ3) is 4.36. The van der Waals surface area contributed by atoms with Crippen LogP contribution < -0.4 is 0 Å². The maximum Gasteiger partial charge on any atom is 0.257 e. The summed E-state index contributed by atoms with van der Waals surface area (Å²) in [6.07, 6.45) is 0.970. The molecule has 0 aromatic carbocycles. The fourth-order valence-electron chi connectivity index (χ4n) is 2.10. The van der Waals surface area contributed by atoms with E-state index in [-0.39, 0.29) is 18.4 Å². The van der Waals surface area contributed by atoms with Crippen LogP contribution in [0.2, 0.25) is 0 Å². The van der Waals surface area contributed by atoms with Crippen LogP contribution in [0, 0.1) is 0 Å². The van der Waals surface area contributed by atoms with Crippen LogP contribution >= 0.6 is 0 Å². The first kappa shape index (κ1) is 17.8. The van der Waals surface area contributed by atoms with Crippen LogP contribution in [0.3, 0.4) is 0 Å². The molecule has 0 spiro atoms. The van der Waals surface area contributed by atoms with Gasteiger partial charge in [0.15, 0.2) is 0 Å². The highest BCUT2D eigenvalue weighted by molar-refractivity contribution is 6.18. The zero-order chi connectivity index (χ0) is 16.2. The van der Waals surface area contributed by atoms with Crippen molar-refractivity contribution in [2.45, 2.75) is 59.4 Å². The first-order valence-electron chi connectivity index (χ1n) is 7.14. The van der Waals surface area contributed by atoms with Gasteiger partial charge in [-0.25, -0.2) is 9.78 Å². The quantitative estimate of drug-likeness (QED) is 0.297. The van der Waals surface area contributed by atoms with Gasteiger partial charge in [-0.3, -0.25) is 14.5 Å².